The summed E-state index contributed by atoms with van der Waals surface area (Å²) in [5, 5.41) is 12.7. The molecule has 1 fully saturated rings. The van der Waals surface area contributed by atoms with Gasteiger partial charge in [0.25, 0.3) is 11.1 Å². The van der Waals surface area contributed by atoms with E-state index in [-0.39, 0.29) is 11.1 Å². The molecule has 0 unspecified atom stereocenters. The summed E-state index contributed by atoms with van der Waals surface area (Å²) >= 11 is 0. The Hall–Kier alpha value is -3.93. The lowest BCUT2D eigenvalue weighted by Crippen LogP contribution is -2.35. The molecule has 8 nitrogen and oxygen atoms in total. The summed E-state index contributed by atoms with van der Waals surface area (Å²) < 4.78 is 8.42. The van der Waals surface area contributed by atoms with E-state index in [1.54, 1.807) is 35.8 Å². The highest BCUT2D eigenvalue weighted by atomic mass is 16.5. The van der Waals surface area contributed by atoms with Gasteiger partial charge in [0.2, 0.25) is 0 Å². The van der Waals surface area contributed by atoms with Crippen molar-refractivity contribution in [2.24, 2.45) is 0 Å². The average molecular weight is 456 g/mol. The zero-order valence-corrected chi connectivity index (χ0v) is 19.0. The van der Waals surface area contributed by atoms with E-state index >= 15 is 0 Å². The van der Waals surface area contributed by atoms with Gasteiger partial charge in [0.15, 0.2) is 0 Å². The van der Waals surface area contributed by atoms with Crippen LogP contribution in [0.15, 0.2) is 64.2 Å². The number of rotatable bonds is 5. The van der Waals surface area contributed by atoms with Crippen molar-refractivity contribution >= 4 is 10.9 Å². The molecule has 1 saturated heterocycles. The fraction of sp³-hybridized carbons (Fsp3) is 0.269. The summed E-state index contributed by atoms with van der Waals surface area (Å²) in [5.74, 6) is 0. The number of morpholine rings is 1. The molecule has 0 atom stereocenters. The Morgan fingerprint density at radius 2 is 1.71 bits per heavy atom. The van der Waals surface area contributed by atoms with Crippen molar-refractivity contribution in [3.8, 4) is 11.8 Å². The molecular formula is C26H25N5O3. The smallest absolute Gasteiger partial charge is 0.280 e. The van der Waals surface area contributed by atoms with E-state index in [0.29, 0.717) is 34.4 Å². The van der Waals surface area contributed by atoms with Crippen molar-refractivity contribution in [3.63, 3.8) is 0 Å². The van der Waals surface area contributed by atoms with Crippen LogP contribution in [0.5, 0.6) is 0 Å². The molecule has 34 heavy (non-hydrogen) atoms. The molecule has 2 aromatic carbocycles. The molecule has 0 amide bonds. The molecule has 1 aliphatic heterocycles. The topological polar surface area (TPSA) is 96.1 Å². The number of nitriles is 1. The van der Waals surface area contributed by atoms with Gasteiger partial charge >= 0.3 is 0 Å². The third kappa shape index (κ3) is 4.19. The molecule has 0 spiro atoms. The van der Waals surface area contributed by atoms with E-state index in [2.05, 4.69) is 28.2 Å². The number of aryl methyl sites for hydroxylation is 1. The van der Waals surface area contributed by atoms with E-state index in [0.717, 1.165) is 38.4 Å². The maximum absolute atomic E-state index is 13.2. The Kier molecular flexibility index (Phi) is 5.88. The quantitative estimate of drug-likeness (QED) is 0.499. The van der Waals surface area contributed by atoms with Crippen LogP contribution in [0.3, 0.4) is 0 Å². The van der Waals surface area contributed by atoms with Crippen LogP contribution in [0.2, 0.25) is 0 Å². The van der Waals surface area contributed by atoms with E-state index in [1.165, 1.54) is 16.3 Å². The second-order valence-corrected chi connectivity index (χ2v) is 8.56. The SMILES string of the molecule is Cc1c2c(=O)n(-c3cccc(C#N)c3)[nH]c2cc(=O)n1Cc1ccc(CN2CCOCC2)cc1. The molecule has 2 aromatic heterocycles. The highest BCUT2D eigenvalue weighted by Gasteiger charge is 2.16. The second kappa shape index (κ2) is 9.14. The summed E-state index contributed by atoms with van der Waals surface area (Å²) in [5.41, 5.74) is 3.87. The maximum Gasteiger partial charge on any atom is 0.280 e. The first kappa shape index (κ1) is 21.9. The minimum absolute atomic E-state index is 0.179. The van der Waals surface area contributed by atoms with Crippen LogP contribution in [0, 0.1) is 18.3 Å². The summed E-state index contributed by atoms with van der Waals surface area (Å²) in [6, 6.07) is 18.6. The predicted molar refractivity (Wildman–Crippen MR) is 129 cm³/mol. The van der Waals surface area contributed by atoms with E-state index < -0.39 is 0 Å². The van der Waals surface area contributed by atoms with Gasteiger partial charge in [-0.1, -0.05) is 30.3 Å². The fourth-order valence-corrected chi connectivity index (χ4v) is 4.45. The number of aromatic amines is 1. The standard InChI is InChI=1S/C26H25N5O3/c1-18-25-23(28-31(26(25)33)22-4-2-3-21(13-22)15-27)14-24(32)30(18)17-20-7-5-19(6-8-20)16-29-9-11-34-12-10-29/h2-8,13-14,28H,9-12,16-17H2,1H3. The zero-order valence-electron chi connectivity index (χ0n) is 19.0. The molecule has 3 heterocycles. The Morgan fingerprint density at radius 1 is 1.00 bits per heavy atom. The molecule has 0 radical (unpaired) electrons. The van der Waals surface area contributed by atoms with Crippen molar-refractivity contribution in [1.82, 2.24) is 19.2 Å². The molecule has 1 N–H and O–H groups in total. The lowest BCUT2D eigenvalue weighted by molar-refractivity contribution is 0.0342. The summed E-state index contributed by atoms with van der Waals surface area (Å²) in [6.07, 6.45) is 0. The Balaban J connectivity index is 1.45. The Labute approximate surface area is 196 Å². The van der Waals surface area contributed by atoms with Crippen LogP contribution in [0.4, 0.5) is 0 Å². The first-order chi connectivity index (χ1) is 16.5. The third-order valence-electron chi connectivity index (χ3n) is 6.33. The average Bonchev–Trinajstić information content (AvgIpc) is 3.19. The van der Waals surface area contributed by atoms with Crippen LogP contribution in [0.1, 0.15) is 22.4 Å². The lowest BCUT2D eigenvalue weighted by atomic mass is 10.1. The maximum atomic E-state index is 13.2. The number of benzene rings is 2. The van der Waals surface area contributed by atoms with Crippen LogP contribution < -0.4 is 11.1 Å². The molecule has 0 bridgehead atoms. The minimum atomic E-state index is -0.253. The van der Waals surface area contributed by atoms with Gasteiger partial charge < -0.3 is 9.30 Å². The van der Waals surface area contributed by atoms with Gasteiger partial charge in [0.1, 0.15) is 0 Å². The van der Waals surface area contributed by atoms with Gasteiger partial charge in [-0.3, -0.25) is 19.6 Å². The molecule has 0 aliphatic carbocycles. The molecule has 5 rings (SSSR count). The summed E-state index contributed by atoms with van der Waals surface area (Å²) in [4.78, 5) is 28.5. The number of aromatic nitrogens is 3. The Bertz CT molecular complexity index is 1500. The largest absolute Gasteiger partial charge is 0.379 e. The van der Waals surface area contributed by atoms with Gasteiger partial charge in [-0.15, -0.1) is 0 Å². The number of nitrogens with zero attached hydrogens (tertiary/aromatic N) is 4. The number of fused-ring (bicyclic) bond motifs is 1. The van der Waals surface area contributed by atoms with Gasteiger partial charge in [-0.25, -0.2) is 4.68 Å². The minimum Gasteiger partial charge on any atom is -0.379 e. The van der Waals surface area contributed by atoms with E-state index in [9.17, 15) is 14.9 Å². The van der Waals surface area contributed by atoms with Gasteiger partial charge in [-0.2, -0.15) is 5.26 Å². The van der Waals surface area contributed by atoms with Gasteiger partial charge in [0, 0.05) is 31.4 Å². The number of hydrogen-bond donors (Lipinski definition) is 1. The molecule has 172 valence electrons. The molecular weight excluding hydrogens is 430 g/mol. The van der Waals surface area contributed by atoms with Crippen molar-refractivity contribution in [2.75, 3.05) is 26.3 Å². The highest BCUT2D eigenvalue weighted by Crippen LogP contribution is 2.16. The number of ether oxygens (including phenoxy) is 1. The molecule has 1 aliphatic rings. The number of nitrogens with one attached hydrogen (secondary N) is 1. The van der Waals surface area contributed by atoms with E-state index in [4.69, 9.17) is 4.74 Å². The lowest BCUT2D eigenvalue weighted by Gasteiger charge is -2.26. The first-order valence-corrected chi connectivity index (χ1v) is 11.3. The first-order valence-electron chi connectivity index (χ1n) is 11.3. The van der Waals surface area contributed by atoms with Gasteiger partial charge in [0.05, 0.1) is 48.0 Å². The normalized spacial score (nSPS) is 14.4. The zero-order chi connectivity index (χ0) is 23.7. The fourth-order valence-electron chi connectivity index (χ4n) is 4.45. The van der Waals surface area contributed by atoms with Crippen molar-refractivity contribution in [2.45, 2.75) is 20.0 Å². The van der Waals surface area contributed by atoms with Crippen molar-refractivity contribution in [3.05, 3.63) is 97.7 Å². The number of pyridine rings is 1. The van der Waals surface area contributed by atoms with Crippen molar-refractivity contribution < 1.29 is 4.74 Å². The van der Waals surface area contributed by atoms with E-state index in [1.807, 2.05) is 12.1 Å². The predicted octanol–water partition coefficient (Wildman–Crippen LogP) is 2.54. The van der Waals surface area contributed by atoms with Crippen LogP contribution in [0.25, 0.3) is 16.6 Å². The van der Waals surface area contributed by atoms with Crippen LogP contribution in [-0.2, 0) is 17.8 Å². The van der Waals surface area contributed by atoms with Crippen molar-refractivity contribution in [1.29, 1.82) is 5.26 Å². The number of hydrogen-bond acceptors (Lipinski definition) is 5. The van der Waals surface area contributed by atoms with Crippen LogP contribution in [-0.4, -0.2) is 45.6 Å². The highest BCUT2D eigenvalue weighted by molar-refractivity contribution is 5.80. The summed E-state index contributed by atoms with van der Waals surface area (Å²) in [6.45, 7) is 6.47. The molecule has 0 saturated carbocycles. The van der Waals surface area contributed by atoms with Crippen LogP contribution >= 0.6 is 0 Å². The Morgan fingerprint density at radius 3 is 2.41 bits per heavy atom. The van der Waals surface area contributed by atoms with Gasteiger partial charge in [-0.05, 0) is 36.2 Å². The summed E-state index contributed by atoms with van der Waals surface area (Å²) in [7, 11) is 0. The number of H-pyrrole nitrogens is 1. The monoisotopic (exact) mass is 455 g/mol. The third-order valence-corrected chi connectivity index (χ3v) is 6.33. The molecule has 8 heteroatoms. The molecule has 4 aromatic rings. The second-order valence-electron chi connectivity index (χ2n) is 8.56.